The van der Waals surface area contributed by atoms with Gasteiger partial charge in [-0.05, 0) is 35.9 Å². The minimum atomic E-state index is -0.551. The van der Waals surface area contributed by atoms with Gasteiger partial charge in [-0.2, -0.15) is 0 Å². The van der Waals surface area contributed by atoms with E-state index in [4.69, 9.17) is 21.1 Å². The lowest BCUT2D eigenvalue weighted by Gasteiger charge is -2.17. The van der Waals surface area contributed by atoms with Crippen molar-refractivity contribution in [1.82, 2.24) is 5.32 Å². The maximum absolute atomic E-state index is 13.3. The molecule has 0 saturated carbocycles. The highest BCUT2D eigenvalue weighted by molar-refractivity contribution is 6.31. The first-order chi connectivity index (χ1) is 13.0. The van der Waals surface area contributed by atoms with Crippen molar-refractivity contribution in [1.29, 1.82) is 0 Å². The molecule has 0 bridgehead atoms. The Morgan fingerprint density at radius 1 is 1.22 bits per heavy atom. The predicted octanol–water partition coefficient (Wildman–Crippen LogP) is 2.88. The number of carbonyl (C=O) groups excluding carboxylic acids is 2. The fourth-order valence-corrected chi connectivity index (χ4v) is 3.34. The number of amides is 2. The normalized spacial score (nSPS) is 18.1. The molecule has 2 aromatic carbocycles. The smallest absolute Gasteiger partial charge is 0.231 e. The number of fused-ring (bicyclic) bond motifs is 1. The number of ether oxygens (including phenoxy) is 2. The lowest BCUT2D eigenvalue weighted by molar-refractivity contribution is -0.126. The van der Waals surface area contributed by atoms with E-state index in [1.54, 1.807) is 6.07 Å². The van der Waals surface area contributed by atoms with Crippen LogP contribution in [0.25, 0.3) is 0 Å². The van der Waals surface area contributed by atoms with Crippen molar-refractivity contribution < 1.29 is 23.5 Å². The lowest BCUT2D eigenvalue weighted by atomic mass is 10.1. The largest absolute Gasteiger partial charge is 0.454 e. The molecule has 0 aliphatic carbocycles. The van der Waals surface area contributed by atoms with Crippen LogP contribution in [0.4, 0.5) is 10.1 Å². The van der Waals surface area contributed by atoms with Gasteiger partial charge >= 0.3 is 0 Å². The summed E-state index contributed by atoms with van der Waals surface area (Å²) in [5, 5.41) is 2.79. The molecule has 0 radical (unpaired) electrons. The second-order valence-electron chi connectivity index (χ2n) is 6.41. The molecule has 1 N–H and O–H groups in total. The highest BCUT2D eigenvalue weighted by Crippen LogP contribution is 2.32. The van der Waals surface area contributed by atoms with E-state index in [2.05, 4.69) is 5.32 Å². The third-order valence-electron chi connectivity index (χ3n) is 4.61. The van der Waals surface area contributed by atoms with Crippen molar-refractivity contribution >= 4 is 29.1 Å². The molecular formula is C19H16ClFN2O4. The first-order valence-electron chi connectivity index (χ1n) is 8.43. The van der Waals surface area contributed by atoms with E-state index in [0.29, 0.717) is 23.7 Å². The number of nitrogens with one attached hydrogen (secondary N) is 1. The average Bonchev–Trinajstić information content (AvgIpc) is 3.28. The maximum Gasteiger partial charge on any atom is 0.231 e. The molecule has 2 amide bonds. The van der Waals surface area contributed by atoms with E-state index in [1.807, 2.05) is 12.1 Å². The summed E-state index contributed by atoms with van der Waals surface area (Å²) >= 11 is 5.79. The van der Waals surface area contributed by atoms with Crippen LogP contribution in [0.2, 0.25) is 5.02 Å². The van der Waals surface area contributed by atoms with Gasteiger partial charge in [-0.25, -0.2) is 4.39 Å². The summed E-state index contributed by atoms with van der Waals surface area (Å²) in [4.78, 5) is 26.2. The van der Waals surface area contributed by atoms with Crippen LogP contribution in [-0.4, -0.2) is 25.2 Å². The first kappa shape index (κ1) is 17.6. The van der Waals surface area contributed by atoms with Gasteiger partial charge < -0.3 is 19.7 Å². The van der Waals surface area contributed by atoms with Crippen LogP contribution in [-0.2, 0) is 16.1 Å². The van der Waals surface area contributed by atoms with E-state index in [1.165, 1.54) is 23.1 Å². The molecular weight excluding hydrogens is 375 g/mol. The average molecular weight is 391 g/mol. The van der Waals surface area contributed by atoms with Crippen molar-refractivity contribution in [3.8, 4) is 11.5 Å². The highest BCUT2D eigenvalue weighted by atomic mass is 35.5. The Hall–Kier alpha value is -2.80. The van der Waals surface area contributed by atoms with Crippen LogP contribution in [0.15, 0.2) is 36.4 Å². The summed E-state index contributed by atoms with van der Waals surface area (Å²) in [6, 6.07) is 9.53. The summed E-state index contributed by atoms with van der Waals surface area (Å²) < 4.78 is 23.9. The van der Waals surface area contributed by atoms with Crippen molar-refractivity contribution in [2.45, 2.75) is 13.0 Å². The summed E-state index contributed by atoms with van der Waals surface area (Å²) in [5.74, 6) is -0.102. The molecule has 27 heavy (non-hydrogen) atoms. The van der Waals surface area contributed by atoms with Crippen LogP contribution in [0.5, 0.6) is 11.5 Å². The summed E-state index contributed by atoms with van der Waals surface area (Å²) in [6.45, 7) is 0.745. The van der Waals surface area contributed by atoms with E-state index >= 15 is 0 Å². The molecule has 2 aromatic rings. The number of nitrogens with zero attached hydrogens (tertiary/aromatic N) is 1. The molecule has 0 aromatic heterocycles. The topological polar surface area (TPSA) is 67.9 Å². The van der Waals surface area contributed by atoms with Crippen molar-refractivity contribution in [2.24, 2.45) is 5.92 Å². The van der Waals surface area contributed by atoms with Crippen molar-refractivity contribution in [3.63, 3.8) is 0 Å². The SMILES string of the molecule is O=C(NCc1ccc2c(c1)OCO2)[C@H]1CC(=O)N(c2ccc(F)c(Cl)c2)C1. The number of carbonyl (C=O) groups is 2. The van der Waals surface area contributed by atoms with Gasteiger partial charge in [-0.15, -0.1) is 0 Å². The molecule has 0 spiro atoms. The van der Waals surface area contributed by atoms with E-state index in [-0.39, 0.29) is 36.6 Å². The van der Waals surface area contributed by atoms with E-state index < -0.39 is 11.7 Å². The number of hydrogen-bond acceptors (Lipinski definition) is 4. The third-order valence-corrected chi connectivity index (χ3v) is 4.90. The quantitative estimate of drug-likeness (QED) is 0.871. The van der Waals surface area contributed by atoms with Crippen LogP contribution >= 0.6 is 11.6 Å². The van der Waals surface area contributed by atoms with E-state index in [9.17, 15) is 14.0 Å². The molecule has 2 heterocycles. The monoisotopic (exact) mass is 390 g/mol. The molecule has 4 rings (SSSR count). The van der Waals surface area contributed by atoms with Crippen LogP contribution in [0.1, 0.15) is 12.0 Å². The molecule has 2 aliphatic rings. The Bertz CT molecular complexity index is 921. The van der Waals surface area contributed by atoms with Crippen LogP contribution in [0.3, 0.4) is 0 Å². The standard InChI is InChI=1S/C19H16ClFN2O4/c20-14-7-13(2-3-15(14)21)23-9-12(6-18(23)24)19(25)22-8-11-1-4-16-17(5-11)27-10-26-16/h1-5,7,12H,6,8-10H2,(H,22,25)/t12-/m0/s1. The molecule has 8 heteroatoms. The summed E-state index contributed by atoms with van der Waals surface area (Å²) in [5.41, 5.74) is 1.36. The van der Waals surface area contributed by atoms with Gasteiger partial charge in [-0.1, -0.05) is 17.7 Å². The number of rotatable bonds is 4. The summed E-state index contributed by atoms with van der Waals surface area (Å²) in [6.07, 6.45) is 0.0992. The van der Waals surface area contributed by atoms with E-state index in [0.717, 1.165) is 5.56 Å². The minimum absolute atomic E-state index is 0.0593. The second-order valence-corrected chi connectivity index (χ2v) is 6.82. The van der Waals surface area contributed by atoms with Crippen LogP contribution in [0, 0.1) is 11.7 Å². The number of halogens is 2. The number of hydrogen-bond donors (Lipinski definition) is 1. The Balaban J connectivity index is 1.38. The zero-order valence-electron chi connectivity index (χ0n) is 14.2. The van der Waals surface area contributed by atoms with Crippen molar-refractivity contribution in [3.05, 3.63) is 52.8 Å². The highest BCUT2D eigenvalue weighted by Gasteiger charge is 2.35. The zero-order chi connectivity index (χ0) is 19.0. The van der Waals surface area contributed by atoms with Crippen molar-refractivity contribution in [2.75, 3.05) is 18.2 Å². The molecule has 140 valence electrons. The summed E-state index contributed by atoms with van der Waals surface area (Å²) in [7, 11) is 0. The third kappa shape index (κ3) is 3.55. The lowest BCUT2D eigenvalue weighted by Crippen LogP contribution is -2.32. The second kappa shape index (κ2) is 7.08. The Morgan fingerprint density at radius 2 is 2.04 bits per heavy atom. The van der Waals surface area contributed by atoms with Gasteiger partial charge in [0, 0.05) is 25.2 Å². The maximum atomic E-state index is 13.3. The zero-order valence-corrected chi connectivity index (χ0v) is 15.0. The Morgan fingerprint density at radius 3 is 2.85 bits per heavy atom. The molecule has 1 saturated heterocycles. The Kier molecular flexibility index (Phi) is 4.61. The van der Waals surface area contributed by atoms with Gasteiger partial charge in [-0.3, -0.25) is 9.59 Å². The van der Waals surface area contributed by atoms with Gasteiger partial charge in [0.05, 0.1) is 10.9 Å². The van der Waals surface area contributed by atoms with Gasteiger partial charge in [0.2, 0.25) is 18.6 Å². The number of benzene rings is 2. The fourth-order valence-electron chi connectivity index (χ4n) is 3.17. The molecule has 1 fully saturated rings. The van der Waals surface area contributed by atoms with Gasteiger partial charge in [0.25, 0.3) is 0 Å². The molecule has 2 aliphatic heterocycles. The molecule has 1 atom stereocenters. The predicted molar refractivity (Wildman–Crippen MR) is 96.3 cm³/mol. The van der Waals surface area contributed by atoms with Gasteiger partial charge in [0.15, 0.2) is 11.5 Å². The molecule has 0 unspecified atom stereocenters. The van der Waals surface area contributed by atoms with Gasteiger partial charge in [0.1, 0.15) is 5.82 Å². The molecule has 6 nitrogen and oxygen atoms in total. The minimum Gasteiger partial charge on any atom is -0.454 e. The number of anilines is 1. The first-order valence-corrected chi connectivity index (χ1v) is 8.81. The van der Waals surface area contributed by atoms with Crippen LogP contribution < -0.4 is 19.7 Å². The Labute approximate surface area is 159 Å². The fraction of sp³-hybridized carbons (Fsp3) is 0.263.